The summed E-state index contributed by atoms with van der Waals surface area (Å²) in [5, 5.41) is 13.7. The highest BCUT2D eigenvalue weighted by Crippen LogP contribution is 2.23. The molecule has 2 heterocycles. The number of hydrogen-bond acceptors (Lipinski definition) is 5. The molecule has 1 aromatic heterocycles. The number of aromatic nitrogens is 2. The lowest BCUT2D eigenvalue weighted by Gasteiger charge is -2.32. The highest BCUT2D eigenvalue weighted by molar-refractivity contribution is 6.31. The van der Waals surface area contributed by atoms with E-state index < -0.39 is 5.60 Å². The number of rotatable bonds is 3. The summed E-state index contributed by atoms with van der Waals surface area (Å²) in [6.45, 7) is 5.33. The van der Waals surface area contributed by atoms with Crippen LogP contribution in [0, 0.1) is 13.8 Å². The summed E-state index contributed by atoms with van der Waals surface area (Å²) in [4.78, 5) is 8.53. The molecule has 0 radical (unpaired) electrons. The molecule has 0 atom stereocenters. The SMILES string of the molecule is Cc1nc(Cl)c(NCC2(O)CCOCC2)nc1C. The molecule has 0 aliphatic carbocycles. The molecule has 0 spiro atoms. The van der Waals surface area contributed by atoms with E-state index in [-0.39, 0.29) is 0 Å². The quantitative estimate of drug-likeness (QED) is 0.876. The highest BCUT2D eigenvalue weighted by Gasteiger charge is 2.29. The van der Waals surface area contributed by atoms with Crippen LogP contribution in [0.5, 0.6) is 0 Å². The third-order valence-electron chi connectivity index (χ3n) is 3.27. The van der Waals surface area contributed by atoms with E-state index in [2.05, 4.69) is 15.3 Å². The summed E-state index contributed by atoms with van der Waals surface area (Å²) in [6, 6.07) is 0. The topological polar surface area (TPSA) is 67.3 Å². The van der Waals surface area contributed by atoms with E-state index in [1.165, 1.54) is 0 Å². The van der Waals surface area contributed by atoms with Gasteiger partial charge >= 0.3 is 0 Å². The van der Waals surface area contributed by atoms with Crippen LogP contribution in [0.25, 0.3) is 0 Å². The van der Waals surface area contributed by atoms with E-state index in [1.807, 2.05) is 13.8 Å². The van der Waals surface area contributed by atoms with Crippen LogP contribution < -0.4 is 5.32 Å². The van der Waals surface area contributed by atoms with Crippen LogP contribution in [0.1, 0.15) is 24.2 Å². The van der Waals surface area contributed by atoms with Gasteiger partial charge in [-0.05, 0) is 13.8 Å². The van der Waals surface area contributed by atoms with Gasteiger partial charge in [-0.2, -0.15) is 0 Å². The van der Waals surface area contributed by atoms with E-state index >= 15 is 0 Å². The van der Waals surface area contributed by atoms with Gasteiger partial charge < -0.3 is 15.2 Å². The van der Waals surface area contributed by atoms with Crippen molar-refractivity contribution < 1.29 is 9.84 Å². The first-order valence-corrected chi connectivity index (χ1v) is 6.43. The Bertz CT molecular complexity index is 434. The molecule has 100 valence electrons. The second-order valence-corrected chi connectivity index (χ2v) is 5.08. The molecule has 1 aromatic rings. The maximum atomic E-state index is 10.3. The predicted molar refractivity (Wildman–Crippen MR) is 70.0 cm³/mol. The smallest absolute Gasteiger partial charge is 0.171 e. The summed E-state index contributed by atoms with van der Waals surface area (Å²) in [7, 11) is 0. The second kappa shape index (κ2) is 5.38. The lowest BCUT2D eigenvalue weighted by molar-refractivity contribution is -0.0543. The fourth-order valence-corrected chi connectivity index (χ4v) is 2.10. The monoisotopic (exact) mass is 271 g/mol. The summed E-state index contributed by atoms with van der Waals surface area (Å²) in [5.74, 6) is 0.527. The van der Waals surface area contributed by atoms with Crippen molar-refractivity contribution in [3.05, 3.63) is 16.5 Å². The van der Waals surface area contributed by atoms with Crippen LogP contribution in [-0.2, 0) is 4.74 Å². The van der Waals surface area contributed by atoms with Crippen LogP contribution >= 0.6 is 11.6 Å². The number of anilines is 1. The second-order valence-electron chi connectivity index (χ2n) is 4.72. The van der Waals surface area contributed by atoms with Gasteiger partial charge in [0.25, 0.3) is 0 Å². The molecule has 5 nitrogen and oxygen atoms in total. The molecule has 2 rings (SSSR count). The van der Waals surface area contributed by atoms with Crippen molar-refractivity contribution in [3.63, 3.8) is 0 Å². The third-order valence-corrected chi connectivity index (χ3v) is 3.54. The summed E-state index contributed by atoms with van der Waals surface area (Å²) < 4.78 is 5.23. The summed E-state index contributed by atoms with van der Waals surface area (Å²) >= 11 is 6.02. The number of halogens is 1. The number of nitrogens with one attached hydrogen (secondary N) is 1. The molecule has 1 aliphatic heterocycles. The van der Waals surface area contributed by atoms with Crippen LogP contribution in [0.2, 0.25) is 5.15 Å². The number of nitrogens with zero attached hydrogens (tertiary/aromatic N) is 2. The zero-order chi connectivity index (χ0) is 13.2. The minimum absolute atomic E-state index is 0.341. The molecule has 1 fully saturated rings. The molecule has 0 unspecified atom stereocenters. The summed E-state index contributed by atoms with van der Waals surface area (Å²) in [5.41, 5.74) is 0.901. The largest absolute Gasteiger partial charge is 0.388 e. The van der Waals surface area contributed by atoms with E-state index in [0.29, 0.717) is 43.6 Å². The Morgan fingerprint density at radius 2 is 1.89 bits per heavy atom. The molecule has 18 heavy (non-hydrogen) atoms. The van der Waals surface area contributed by atoms with Crippen molar-refractivity contribution in [2.75, 3.05) is 25.1 Å². The molecule has 0 bridgehead atoms. The number of ether oxygens (including phenoxy) is 1. The van der Waals surface area contributed by atoms with Gasteiger partial charge in [-0.1, -0.05) is 11.6 Å². The van der Waals surface area contributed by atoms with Crippen LogP contribution in [0.4, 0.5) is 5.82 Å². The average molecular weight is 272 g/mol. The fraction of sp³-hybridized carbons (Fsp3) is 0.667. The maximum Gasteiger partial charge on any atom is 0.171 e. The highest BCUT2D eigenvalue weighted by atomic mass is 35.5. The molecule has 1 aliphatic rings. The maximum absolute atomic E-state index is 10.3. The van der Waals surface area contributed by atoms with Gasteiger partial charge in [-0.15, -0.1) is 0 Å². The Labute approximate surface area is 112 Å². The van der Waals surface area contributed by atoms with Crippen molar-refractivity contribution in [1.29, 1.82) is 0 Å². The van der Waals surface area contributed by atoms with Crippen LogP contribution in [0.3, 0.4) is 0 Å². The first kappa shape index (κ1) is 13.5. The predicted octanol–water partition coefficient (Wildman–Crippen LogP) is 1.70. The van der Waals surface area contributed by atoms with Gasteiger partial charge in [-0.25, -0.2) is 9.97 Å². The Morgan fingerprint density at radius 1 is 1.28 bits per heavy atom. The molecular formula is C12H18ClN3O2. The van der Waals surface area contributed by atoms with Gasteiger partial charge in [0.15, 0.2) is 11.0 Å². The van der Waals surface area contributed by atoms with E-state index in [0.717, 1.165) is 11.4 Å². The Kier molecular flexibility index (Phi) is 4.04. The lowest BCUT2D eigenvalue weighted by Crippen LogP contribution is -2.42. The van der Waals surface area contributed by atoms with E-state index in [1.54, 1.807) is 0 Å². The molecule has 6 heteroatoms. The first-order valence-electron chi connectivity index (χ1n) is 6.05. The fourth-order valence-electron chi connectivity index (χ4n) is 1.86. The zero-order valence-electron chi connectivity index (χ0n) is 10.7. The minimum Gasteiger partial charge on any atom is -0.388 e. The standard InChI is InChI=1S/C12H18ClN3O2/c1-8-9(2)16-11(10(13)15-8)14-7-12(17)3-5-18-6-4-12/h17H,3-7H2,1-2H3,(H,14,16). The molecule has 0 aromatic carbocycles. The zero-order valence-corrected chi connectivity index (χ0v) is 11.4. The van der Waals surface area contributed by atoms with Crippen LogP contribution in [0.15, 0.2) is 0 Å². The van der Waals surface area contributed by atoms with Crippen molar-refractivity contribution in [2.45, 2.75) is 32.3 Å². The Hall–Kier alpha value is -0.910. The molecular weight excluding hydrogens is 254 g/mol. The number of aryl methyl sites for hydroxylation is 2. The van der Waals surface area contributed by atoms with E-state index in [4.69, 9.17) is 16.3 Å². The van der Waals surface area contributed by atoms with Crippen LogP contribution in [-0.4, -0.2) is 40.4 Å². The van der Waals surface area contributed by atoms with Crippen molar-refractivity contribution in [3.8, 4) is 0 Å². The van der Waals surface area contributed by atoms with Gasteiger partial charge in [0, 0.05) is 32.6 Å². The summed E-state index contributed by atoms with van der Waals surface area (Å²) in [6.07, 6.45) is 1.24. The normalized spacial score (nSPS) is 18.7. The van der Waals surface area contributed by atoms with Gasteiger partial charge in [0.2, 0.25) is 0 Å². The Morgan fingerprint density at radius 3 is 2.56 bits per heavy atom. The van der Waals surface area contributed by atoms with Gasteiger partial charge in [0.1, 0.15) is 0 Å². The van der Waals surface area contributed by atoms with E-state index in [9.17, 15) is 5.11 Å². The van der Waals surface area contributed by atoms with Gasteiger partial charge in [0.05, 0.1) is 17.0 Å². The third kappa shape index (κ3) is 3.10. The molecule has 0 amide bonds. The van der Waals surface area contributed by atoms with Crippen molar-refractivity contribution in [1.82, 2.24) is 9.97 Å². The number of aliphatic hydroxyl groups is 1. The first-order chi connectivity index (χ1) is 8.50. The lowest BCUT2D eigenvalue weighted by atomic mass is 9.94. The average Bonchev–Trinajstić information content (AvgIpc) is 2.33. The Balaban J connectivity index is 2.03. The van der Waals surface area contributed by atoms with Crippen molar-refractivity contribution in [2.24, 2.45) is 0 Å². The molecule has 0 saturated carbocycles. The molecule has 2 N–H and O–H groups in total. The van der Waals surface area contributed by atoms with Crippen molar-refractivity contribution >= 4 is 17.4 Å². The minimum atomic E-state index is -0.748. The molecule has 1 saturated heterocycles. The van der Waals surface area contributed by atoms with Gasteiger partial charge in [-0.3, -0.25) is 0 Å². The number of hydrogen-bond donors (Lipinski definition) is 2.